The Morgan fingerprint density at radius 3 is 2.76 bits per heavy atom. The molecule has 3 atom stereocenters. The van der Waals surface area contributed by atoms with Gasteiger partial charge < -0.3 is 39.8 Å². The lowest BCUT2D eigenvalue weighted by Gasteiger charge is -2.39. The van der Waals surface area contributed by atoms with Crippen molar-refractivity contribution in [3.63, 3.8) is 0 Å². The number of piperidine rings is 1. The predicted octanol–water partition coefficient (Wildman–Crippen LogP) is 2.75. The van der Waals surface area contributed by atoms with Gasteiger partial charge in [0, 0.05) is 52.9 Å². The number of hydrogen-bond donors (Lipinski definition) is 3. The molecular formula is C28H40N4O5. The van der Waals surface area contributed by atoms with Crippen molar-refractivity contribution in [3.8, 4) is 11.5 Å². The smallest absolute Gasteiger partial charge is 0.314 e. The lowest BCUT2D eigenvalue weighted by molar-refractivity contribution is -0.00554. The first-order valence-corrected chi connectivity index (χ1v) is 13.0. The van der Waals surface area contributed by atoms with Gasteiger partial charge >= 0.3 is 6.03 Å². The van der Waals surface area contributed by atoms with Gasteiger partial charge in [-0.1, -0.05) is 18.2 Å². The van der Waals surface area contributed by atoms with Crippen LogP contribution in [-0.4, -0.2) is 79.3 Å². The number of amides is 2. The predicted molar refractivity (Wildman–Crippen MR) is 144 cm³/mol. The third-order valence-corrected chi connectivity index (χ3v) is 7.14. The van der Waals surface area contributed by atoms with E-state index in [1.807, 2.05) is 18.2 Å². The SMILES string of the molecule is CNC(=O)NC[C@@H]1CNC[C@H](OCc2ccc3c(c2)N(CCCOC)CCO3)[C@H]1c1ccc(OC)cc1. The summed E-state index contributed by atoms with van der Waals surface area (Å²) < 4.78 is 23.1. The van der Waals surface area contributed by atoms with Crippen molar-refractivity contribution in [3.05, 3.63) is 53.6 Å². The van der Waals surface area contributed by atoms with Gasteiger partial charge in [0.05, 0.1) is 32.1 Å². The van der Waals surface area contributed by atoms with Crippen molar-refractivity contribution in [2.24, 2.45) is 5.92 Å². The first kappa shape index (κ1) is 27.0. The molecule has 0 bridgehead atoms. The summed E-state index contributed by atoms with van der Waals surface area (Å²) in [5.41, 5.74) is 3.41. The second kappa shape index (κ2) is 13.5. The van der Waals surface area contributed by atoms with Gasteiger partial charge in [-0.25, -0.2) is 4.79 Å². The fourth-order valence-electron chi connectivity index (χ4n) is 5.20. The normalized spacial score (nSPS) is 21.1. The number of fused-ring (bicyclic) bond motifs is 1. The fraction of sp³-hybridized carbons (Fsp3) is 0.536. The lowest BCUT2D eigenvalue weighted by Crippen LogP contribution is -2.51. The Kier molecular flexibility index (Phi) is 9.87. The van der Waals surface area contributed by atoms with Crippen LogP contribution in [0.15, 0.2) is 42.5 Å². The summed E-state index contributed by atoms with van der Waals surface area (Å²) in [5, 5.41) is 9.13. The van der Waals surface area contributed by atoms with Gasteiger partial charge in [-0.15, -0.1) is 0 Å². The van der Waals surface area contributed by atoms with Gasteiger partial charge in [0.25, 0.3) is 0 Å². The van der Waals surface area contributed by atoms with Gasteiger partial charge in [0.1, 0.15) is 18.1 Å². The van der Waals surface area contributed by atoms with Crippen LogP contribution in [0.5, 0.6) is 11.5 Å². The molecule has 2 aliphatic rings. The first-order chi connectivity index (χ1) is 18.1. The minimum absolute atomic E-state index is 0.0521. The highest BCUT2D eigenvalue weighted by atomic mass is 16.5. The number of ether oxygens (including phenoxy) is 4. The number of nitrogens with one attached hydrogen (secondary N) is 3. The molecular weight excluding hydrogens is 472 g/mol. The molecule has 37 heavy (non-hydrogen) atoms. The topological polar surface area (TPSA) is 93.3 Å². The number of hydrogen-bond acceptors (Lipinski definition) is 7. The summed E-state index contributed by atoms with van der Waals surface area (Å²) in [6, 6.07) is 14.3. The van der Waals surface area contributed by atoms with Crippen LogP contribution >= 0.6 is 0 Å². The van der Waals surface area contributed by atoms with E-state index in [0.717, 1.165) is 62.0 Å². The van der Waals surface area contributed by atoms with E-state index in [1.165, 1.54) is 5.56 Å². The molecule has 2 aromatic rings. The van der Waals surface area contributed by atoms with Gasteiger partial charge in [0.2, 0.25) is 0 Å². The van der Waals surface area contributed by atoms with E-state index in [9.17, 15) is 4.79 Å². The Bertz CT molecular complexity index is 1000. The van der Waals surface area contributed by atoms with Gasteiger partial charge in [-0.3, -0.25) is 0 Å². The monoisotopic (exact) mass is 512 g/mol. The number of methoxy groups -OCH3 is 2. The standard InChI is InChI=1S/C28H40N4O5/c1-29-28(33)31-17-22-16-30-18-26(27(22)21-6-8-23(35-3)9-7-21)37-19-20-5-10-25-24(15-20)32(12-14-36-25)11-4-13-34-2/h5-10,15,22,26-27,30H,4,11-14,16-19H2,1-3H3,(H2,29,31,33)/t22-,26-,27-/m0/s1. The molecule has 0 saturated carbocycles. The van der Waals surface area contributed by atoms with E-state index in [-0.39, 0.29) is 24.0 Å². The fourth-order valence-corrected chi connectivity index (χ4v) is 5.20. The molecule has 9 nitrogen and oxygen atoms in total. The van der Waals surface area contributed by atoms with Crippen LogP contribution in [0, 0.1) is 5.92 Å². The van der Waals surface area contributed by atoms with Crippen molar-refractivity contribution >= 4 is 11.7 Å². The molecule has 0 aliphatic carbocycles. The van der Waals surface area contributed by atoms with E-state index in [4.69, 9.17) is 18.9 Å². The van der Waals surface area contributed by atoms with Crippen molar-refractivity contribution in [2.75, 3.05) is 72.1 Å². The summed E-state index contributed by atoms with van der Waals surface area (Å²) in [6.07, 6.45) is 0.920. The third kappa shape index (κ3) is 7.06. The second-order valence-electron chi connectivity index (χ2n) is 9.51. The van der Waals surface area contributed by atoms with Crippen LogP contribution in [0.2, 0.25) is 0 Å². The number of carbonyl (C=O) groups excluding carboxylic acids is 1. The molecule has 3 N–H and O–H groups in total. The number of rotatable bonds is 11. The first-order valence-electron chi connectivity index (χ1n) is 13.0. The van der Waals surface area contributed by atoms with Crippen LogP contribution in [0.1, 0.15) is 23.5 Å². The third-order valence-electron chi connectivity index (χ3n) is 7.14. The molecule has 1 saturated heterocycles. The summed E-state index contributed by atoms with van der Waals surface area (Å²) in [7, 11) is 5.04. The van der Waals surface area contributed by atoms with Gasteiger partial charge in [-0.05, 0) is 47.7 Å². The molecule has 4 rings (SSSR count). The lowest BCUT2D eigenvalue weighted by atomic mass is 9.79. The van der Waals surface area contributed by atoms with Crippen molar-refractivity contribution < 1.29 is 23.7 Å². The molecule has 202 valence electrons. The zero-order valence-electron chi connectivity index (χ0n) is 22.1. The largest absolute Gasteiger partial charge is 0.497 e. The maximum absolute atomic E-state index is 11.9. The molecule has 0 aromatic heterocycles. The van der Waals surface area contributed by atoms with E-state index in [1.54, 1.807) is 21.3 Å². The zero-order chi connectivity index (χ0) is 26.0. The average molecular weight is 513 g/mol. The summed E-state index contributed by atoms with van der Waals surface area (Å²) in [4.78, 5) is 14.3. The van der Waals surface area contributed by atoms with E-state index < -0.39 is 0 Å². The van der Waals surface area contributed by atoms with Crippen LogP contribution in [0.4, 0.5) is 10.5 Å². The molecule has 2 heterocycles. The Morgan fingerprint density at radius 1 is 1.16 bits per heavy atom. The number of urea groups is 1. The molecule has 2 aliphatic heterocycles. The molecule has 9 heteroatoms. The van der Waals surface area contributed by atoms with Crippen molar-refractivity contribution in [2.45, 2.75) is 25.0 Å². The molecule has 0 radical (unpaired) electrons. The Hall–Kier alpha value is -3.01. The van der Waals surface area contributed by atoms with Crippen LogP contribution in [0.3, 0.4) is 0 Å². The minimum atomic E-state index is -0.178. The average Bonchev–Trinajstić information content (AvgIpc) is 2.95. The highest BCUT2D eigenvalue weighted by Crippen LogP contribution is 2.35. The molecule has 1 fully saturated rings. The molecule has 0 unspecified atom stereocenters. The van der Waals surface area contributed by atoms with E-state index >= 15 is 0 Å². The highest BCUT2D eigenvalue weighted by Gasteiger charge is 2.35. The number of anilines is 1. The summed E-state index contributed by atoms with van der Waals surface area (Å²) >= 11 is 0. The summed E-state index contributed by atoms with van der Waals surface area (Å²) in [6.45, 7) is 5.82. The quantitative estimate of drug-likeness (QED) is 0.399. The van der Waals surface area contributed by atoms with E-state index in [2.05, 4.69) is 45.1 Å². The van der Waals surface area contributed by atoms with Crippen LogP contribution in [0.25, 0.3) is 0 Å². The minimum Gasteiger partial charge on any atom is -0.497 e. The second-order valence-corrected chi connectivity index (χ2v) is 9.51. The maximum atomic E-state index is 11.9. The maximum Gasteiger partial charge on any atom is 0.314 e. The Balaban J connectivity index is 1.48. The van der Waals surface area contributed by atoms with Crippen LogP contribution in [-0.2, 0) is 16.1 Å². The van der Waals surface area contributed by atoms with Crippen LogP contribution < -0.4 is 30.3 Å². The molecule has 2 aromatic carbocycles. The van der Waals surface area contributed by atoms with Gasteiger partial charge in [-0.2, -0.15) is 0 Å². The molecule has 0 spiro atoms. The Morgan fingerprint density at radius 2 is 2.00 bits per heavy atom. The van der Waals surface area contributed by atoms with E-state index in [0.29, 0.717) is 19.8 Å². The number of benzene rings is 2. The molecule has 2 amide bonds. The number of nitrogens with zero attached hydrogens (tertiary/aromatic N) is 1. The zero-order valence-corrected chi connectivity index (χ0v) is 22.1. The Labute approximate surface area is 219 Å². The van der Waals surface area contributed by atoms with Crippen molar-refractivity contribution in [1.29, 1.82) is 0 Å². The summed E-state index contributed by atoms with van der Waals surface area (Å²) in [5.74, 6) is 2.04. The highest BCUT2D eigenvalue weighted by molar-refractivity contribution is 5.73. The number of carbonyl (C=O) groups is 1. The van der Waals surface area contributed by atoms with Gasteiger partial charge in [0.15, 0.2) is 0 Å². The van der Waals surface area contributed by atoms with Crippen molar-refractivity contribution in [1.82, 2.24) is 16.0 Å².